The van der Waals surface area contributed by atoms with Gasteiger partial charge in [-0.15, -0.1) is 0 Å². The molecule has 0 fully saturated rings. The molecule has 0 amide bonds. The van der Waals surface area contributed by atoms with Crippen LogP contribution in [0.3, 0.4) is 0 Å². The minimum atomic E-state index is -1.71. The van der Waals surface area contributed by atoms with E-state index >= 15 is 0 Å². The Balaban J connectivity index is 2.10. The van der Waals surface area contributed by atoms with Crippen LogP contribution in [0.4, 0.5) is 0 Å². The maximum atomic E-state index is 12.7. The zero-order valence-corrected chi connectivity index (χ0v) is 14.6. The Kier molecular flexibility index (Phi) is 3.50. The van der Waals surface area contributed by atoms with E-state index in [1.54, 1.807) is 19.9 Å². The first-order chi connectivity index (χ1) is 12.8. The number of aldehydes is 1. The molecule has 1 unspecified atom stereocenters. The van der Waals surface area contributed by atoms with Gasteiger partial charge in [-0.25, -0.2) is 9.59 Å². The summed E-state index contributed by atoms with van der Waals surface area (Å²) < 4.78 is 16.0. The molecular weight excluding hydrogens is 356 g/mol. The fraction of sp³-hybridized carbons (Fsp3) is 0.211. The predicted octanol–water partition coefficient (Wildman–Crippen LogP) is 2.62. The van der Waals surface area contributed by atoms with Crippen molar-refractivity contribution in [3.05, 3.63) is 45.0 Å². The van der Waals surface area contributed by atoms with Crippen molar-refractivity contribution >= 4 is 18.2 Å². The molecule has 2 heterocycles. The van der Waals surface area contributed by atoms with Gasteiger partial charge >= 0.3 is 11.9 Å². The van der Waals surface area contributed by atoms with Crippen molar-refractivity contribution in [3.63, 3.8) is 0 Å². The maximum absolute atomic E-state index is 12.7. The van der Waals surface area contributed by atoms with Gasteiger partial charge in [0.05, 0.1) is 11.1 Å². The number of cyclic esters (lactones) is 1. The van der Waals surface area contributed by atoms with Crippen molar-refractivity contribution in [2.45, 2.75) is 27.1 Å². The molecule has 4 rings (SSSR count). The SMILES string of the molecule is Cc1cc(C)c2c(c1C=O)Oc1c(c(C)c(O)c3c1C(O)OC3=O)OC2=O. The van der Waals surface area contributed by atoms with Crippen LogP contribution in [0.1, 0.15) is 59.6 Å². The average Bonchev–Trinajstić information content (AvgIpc) is 2.79. The summed E-state index contributed by atoms with van der Waals surface area (Å²) in [5.74, 6) is -2.54. The van der Waals surface area contributed by atoms with Crippen molar-refractivity contribution in [1.82, 2.24) is 0 Å². The first-order valence-electron chi connectivity index (χ1n) is 8.04. The third-order valence-corrected chi connectivity index (χ3v) is 4.77. The molecule has 27 heavy (non-hydrogen) atoms. The Labute approximate surface area is 152 Å². The van der Waals surface area contributed by atoms with Gasteiger partial charge in [-0.05, 0) is 31.9 Å². The molecule has 0 saturated heterocycles. The number of phenolic OH excluding ortho intramolecular Hbond substituents is 1. The lowest BCUT2D eigenvalue weighted by Gasteiger charge is -2.16. The normalized spacial score (nSPS) is 17.1. The van der Waals surface area contributed by atoms with Crippen LogP contribution in [0.2, 0.25) is 0 Å². The number of fused-ring (bicyclic) bond motifs is 4. The van der Waals surface area contributed by atoms with E-state index in [1.165, 1.54) is 6.92 Å². The summed E-state index contributed by atoms with van der Waals surface area (Å²) in [4.78, 5) is 36.3. The second-order valence-electron chi connectivity index (χ2n) is 6.42. The van der Waals surface area contributed by atoms with Crippen LogP contribution in [-0.2, 0) is 4.74 Å². The lowest BCUT2D eigenvalue weighted by Crippen LogP contribution is -2.11. The number of benzene rings is 2. The highest BCUT2D eigenvalue weighted by Crippen LogP contribution is 2.53. The molecule has 0 radical (unpaired) electrons. The molecule has 1 atom stereocenters. The lowest BCUT2D eigenvalue weighted by molar-refractivity contribution is -0.0555. The first kappa shape index (κ1) is 17.0. The molecule has 2 N–H and O–H groups in total. The summed E-state index contributed by atoms with van der Waals surface area (Å²) in [5, 5.41) is 20.5. The lowest BCUT2D eigenvalue weighted by atomic mass is 9.98. The van der Waals surface area contributed by atoms with Crippen LogP contribution >= 0.6 is 0 Å². The van der Waals surface area contributed by atoms with Gasteiger partial charge in [-0.3, -0.25) is 4.79 Å². The number of carbonyl (C=O) groups is 3. The molecule has 2 aliphatic rings. The summed E-state index contributed by atoms with van der Waals surface area (Å²) in [6, 6.07) is 1.65. The van der Waals surface area contributed by atoms with E-state index in [2.05, 4.69) is 0 Å². The van der Waals surface area contributed by atoms with Crippen LogP contribution in [0.5, 0.6) is 23.0 Å². The number of aryl methyl sites for hydroxylation is 2. The zero-order chi connectivity index (χ0) is 19.6. The third kappa shape index (κ3) is 2.16. The number of phenols is 1. The predicted molar refractivity (Wildman–Crippen MR) is 89.6 cm³/mol. The minimum absolute atomic E-state index is 0.0370. The largest absolute Gasteiger partial charge is 0.507 e. The fourth-order valence-electron chi connectivity index (χ4n) is 3.43. The van der Waals surface area contributed by atoms with E-state index in [1.807, 2.05) is 0 Å². The van der Waals surface area contributed by atoms with Crippen molar-refractivity contribution < 1.29 is 38.8 Å². The number of hydrogen-bond donors (Lipinski definition) is 2. The Morgan fingerprint density at radius 3 is 2.33 bits per heavy atom. The number of ether oxygens (including phenoxy) is 3. The number of rotatable bonds is 1. The number of esters is 2. The number of aliphatic hydroxyl groups is 1. The topological polar surface area (TPSA) is 119 Å². The maximum Gasteiger partial charge on any atom is 0.347 e. The van der Waals surface area contributed by atoms with Gasteiger partial charge < -0.3 is 24.4 Å². The minimum Gasteiger partial charge on any atom is -0.507 e. The molecule has 0 saturated carbocycles. The van der Waals surface area contributed by atoms with Crippen molar-refractivity contribution in [1.29, 1.82) is 0 Å². The summed E-state index contributed by atoms with van der Waals surface area (Å²) in [7, 11) is 0. The summed E-state index contributed by atoms with van der Waals surface area (Å²) >= 11 is 0. The monoisotopic (exact) mass is 370 g/mol. The fourth-order valence-corrected chi connectivity index (χ4v) is 3.43. The molecule has 2 aromatic carbocycles. The van der Waals surface area contributed by atoms with E-state index < -0.39 is 24.0 Å². The number of carbonyl (C=O) groups excluding carboxylic acids is 3. The van der Waals surface area contributed by atoms with E-state index in [4.69, 9.17) is 14.2 Å². The molecular formula is C19H14O8. The number of hydrogen-bond acceptors (Lipinski definition) is 8. The standard InChI is InChI=1S/C19H14O8/c1-6-4-7(2)10-15(9(6)5-20)25-16-12-11(18(23)27-19(12)24)13(21)8(3)14(16)26-17(10)22/h4-5,19,21,24H,1-3H3. The number of aliphatic hydroxyl groups excluding tert-OH is 1. The van der Waals surface area contributed by atoms with E-state index in [-0.39, 0.29) is 45.1 Å². The molecule has 8 nitrogen and oxygen atoms in total. The van der Waals surface area contributed by atoms with Crippen LogP contribution in [-0.4, -0.2) is 28.4 Å². The zero-order valence-electron chi connectivity index (χ0n) is 14.6. The molecule has 0 aliphatic carbocycles. The summed E-state index contributed by atoms with van der Waals surface area (Å²) in [6.45, 7) is 4.78. The van der Waals surface area contributed by atoms with E-state index in [0.29, 0.717) is 17.4 Å². The quantitative estimate of drug-likeness (QED) is 0.447. The smallest absolute Gasteiger partial charge is 0.347 e. The van der Waals surface area contributed by atoms with Crippen LogP contribution in [0.25, 0.3) is 0 Å². The van der Waals surface area contributed by atoms with Crippen molar-refractivity contribution in [3.8, 4) is 23.0 Å². The first-order valence-corrected chi connectivity index (χ1v) is 8.04. The average molecular weight is 370 g/mol. The number of aromatic hydroxyl groups is 1. The molecule has 0 bridgehead atoms. The Bertz CT molecular complexity index is 1070. The van der Waals surface area contributed by atoms with Crippen LogP contribution in [0, 0.1) is 20.8 Å². The highest BCUT2D eigenvalue weighted by molar-refractivity contribution is 6.03. The molecule has 2 aromatic rings. The van der Waals surface area contributed by atoms with Gasteiger partial charge in [0.1, 0.15) is 16.9 Å². The van der Waals surface area contributed by atoms with Crippen LogP contribution in [0.15, 0.2) is 6.07 Å². The second-order valence-corrected chi connectivity index (χ2v) is 6.42. The van der Waals surface area contributed by atoms with Crippen molar-refractivity contribution in [2.24, 2.45) is 0 Å². The van der Waals surface area contributed by atoms with Crippen molar-refractivity contribution in [2.75, 3.05) is 0 Å². The van der Waals surface area contributed by atoms with Gasteiger partial charge in [-0.2, -0.15) is 0 Å². The molecule has 138 valence electrons. The van der Waals surface area contributed by atoms with Gasteiger partial charge in [0.25, 0.3) is 0 Å². The van der Waals surface area contributed by atoms with Gasteiger partial charge in [0.15, 0.2) is 23.5 Å². The molecule has 0 spiro atoms. The highest BCUT2D eigenvalue weighted by atomic mass is 16.6. The van der Waals surface area contributed by atoms with E-state index in [0.717, 1.165) is 0 Å². The second kappa shape index (κ2) is 5.55. The van der Waals surface area contributed by atoms with Gasteiger partial charge in [-0.1, -0.05) is 6.07 Å². The van der Waals surface area contributed by atoms with Gasteiger partial charge in [0.2, 0.25) is 6.29 Å². The summed E-state index contributed by atoms with van der Waals surface area (Å²) in [6.07, 6.45) is -1.16. The van der Waals surface area contributed by atoms with Crippen LogP contribution < -0.4 is 9.47 Å². The molecule has 0 aromatic heterocycles. The highest BCUT2D eigenvalue weighted by Gasteiger charge is 2.42. The Hall–Kier alpha value is -3.39. The van der Waals surface area contributed by atoms with E-state index in [9.17, 15) is 24.6 Å². The third-order valence-electron chi connectivity index (χ3n) is 4.77. The van der Waals surface area contributed by atoms with Gasteiger partial charge in [0, 0.05) is 5.56 Å². The Morgan fingerprint density at radius 1 is 0.963 bits per heavy atom. The molecule has 8 heteroatoms. The summed E-state index contributed by atoms with van der Waals surface area (Å²) in [5.41, 5.74) is 0.934. The molecule has 2 aliphatic heterocycles. The Morgan fingerprint density at radius 2 is 1.67 bits per heavy atom.